The molecule has 0 radical (unpaired) electrons. The average molecular weight is 376 g/mol. The van der Waals surface area contributed by atoms with E-state index in [2.05, 4.69) is 6.92 Å². The zero-order valence-electron chi connectivity index (χ0n) is 17.9. The van der Waals surface area contributed by atoms with Crippen LogP contribution in [-0.2, 0) is 6.42 Å². The number of aryl methyl sites for hydroxylation is 1. The maximum Gasteiger partial charge on any atom is 0.257 e. The van der Waals surface area contributed by atoms with Crippen LogP contribution < -0.4 is 0 Å². The molecule has 0 aliphatic carbocycles. The van der Waals surface area contributed by atoms with Gasteiger partial charge in [-0.25, -0.2) is 0 Å². The van der Waals surface area contributed by atoms with Gasteiger partial charge in [-0.1, -0.05) is 90.0 Å². The Labute approximate surface area is 167 Å². The maximum atomic E-state index is 11.9. The van der Waals surface area contributed by atoms with Crippen LogP contribution in [0.2, 0.25) is 0 Å². The van der Waals surface area contributed by atoms with Crippen LogP contribution in [0.3, 0.4) is 0 Å². The number of aromatic hydroxyl groups is 1. The van der Waals surface area contributed by atoms with Crippen LogP contribution in [0, 0.1) is 0 Å². The fourth-order valence-electron chi connectivity index (χ4n) is 3.50. The molecule has 0 saturated carbocycles. The molecule has 0 aliphatic heterocycles. The van der Waals surface area contributed by atoms with Gasteiger partial charge in [0.05, 0.1) is 5.56 Å². The van der Waals surface area contributed by atoms with Gasteiger partial charge in [0.15, 0.2) is 0 Å². The van der Waals surface area contributed by atoms with E-state index in [1.165, 1.54) is 81.9 Å². The Balaban J connectivity index is 2.04. The van der Waals surface area contributed by atoms with Crippen LogP contribution >= 0.6 is 0 Å². The van der Waals surface area contributed by atoms with Crippen LogP contribution in [-0.4, -0.2) is 30.0 Å². The van der Waals surface area contributed by atoms with E-state index in [1.54, 1.807) is 26.2 Å². The van der Waals surface area contributed by atoms with Gasteiger partial charge in [-0.3, -0.25) is 4.79 Å². The third-order valence-electron chi connectivity index (χ3n) is 5.27. The minimum Gasteiger partial charge on any atom is -0.507 e. The number of unbranched alkanes of at least 4 members (excludes halogenated alkanes) is 12. The average Bonchev–Trinajstić information content (AvgIpc) is 2.65. The molecular weight excluding hydrogens is 334 g/mol. The second-order valence-corrected chi connectivity index (χ2v) is 8.04. The molecule has 0 bridgehead atoms. The fourth-order valence-corrected chi connectivity index (χ4v) is 3.50. The Hall–Kier alpha value is -1.51. The summed E-state index contributed by atoms with van der Waals surface area (Å²) in [7, 11) is 3.40. The number of nitrogens with zero attached hydrogens (tertiary/aromatic N) is 1. The van der Waals surface area contributed by atoms with Crippen LogP contribution in [0.25, 0.3) is 0 Å². The third kappa shape index (κ3) is 10.4. The van der Waals surface area contributed by atoms with Crippen molar-refractivity contribution in [2.45, 2.75) is 96.8 Å². The number of carbonyl (C=O) groups is 1. The molecule has 1 aromatic rings. The van der Waals surface area contributed by atoms with E-state index in [4.69, 9.17) is 0 Å². The summed E-state index contributed by atoms with van der Waals surface area (Å²) < 4.78 is 0. The van der Waals surface area contributed by atoms with E-state index in [-0.39, 0.29) is 11.7 Å². The molecule has 0 aliphatic rings. The molecule has 1 aromatic carbocycles. The second kappa shape index (κ2) is 14.5. The predicted octanol–water partition coefficient (Wildman–Crippen LogP) is 6.73. The lowest BCUT2D eigenvalue weighted by Crippen LogP contribution is -2.21. The largest absolute Gasteiger partial charge is 0.507 e. The highest BCUT2D eigenvalue weighted by molar-refractivity contribution is 5.96. The highest BCUT2D eigenvalue weighted by atomic mass is 16.3. The van der Waals surface area contributed by atoms with E-state index in [9.17, 15) is 9.90 Å². The lowest BCUT2D eigenvalue weighted by Gasteiger charge is -2.12. The molecule has 1 amide bonds. The lowest BCUT2D eigenvalue weighted by molar-refractivity contribution is 0.0824. The number of rotatable bonds is 15. The molecule has 3 heteroatoms. The lowest BCUT2D eigenvalue weighted by atomic mass is 10.0. The summed E-state index contributed by atoms with van der Waals surface area (Å²) in [6.45, 7) is 2.27. The van der Waals surface area contributed by atoms with Crippen molar-refractivity contribution >= 4 is 5.91 Å². The van der Waals surface area contributed by atoms with Crippen LogP contribution in [0.5, 0.6) is 5.75 Å². The van der Waals surface area contributed by atoms with Crippen LogP contribution in [0.15, 0.2) is 18.2 Å². The molecule has 1 N–H and O–H groups in total. The zero-order chi connectivity index (χ0) is 19.9. The molecule has 27 heavy (non-hydrogen) atoms. The molecule has 0 heterocycles. The molecule has 3 nitrogen and oxygen atoms in total. The Kier molecular flexibility index (Phi) is 12.7. The Bertz CT molecular complexity index is 525. The first-order chi connectivity index (χ1) is 13.1. The summed E-state index contributed by atoms with van der Waals surface area (Å²) in [5.74, 6) is -0.0547. The van der Waals surface area contributed by atoms with Crippen molar-refractivity contribution in [2.75, 3.05) is 14.1 Å². The second-order valence-electron chi connectivity index (χ2n) is 8.04. The summed E-state index contributed by atoms with van der Waals surface area (Å²) in [5, 5.41) is 10.1. The first-order valence-corrected chi connectivity index (χ1v) is 11.1. The highest BCUT2D eigenvalue weighted by Crippen LogP contribution is 2.21. The number of hydrogen-bond acceptors (Lipinski definition) is 2. The number of carbonyl (C=O) groups excluding carboxylic acids is 1. The van der Waals surface area contributed by atoms with Crippen LogP contribution in [0.1, 0.15) is 106 Å². The summed E-state index contributed by atoms with van der Waals surface area (Å²) in [5.41, 5.74) is 1.50. The number of phenolic OH excluding ortho intramolecular Hbond substituents is 1. The van der Waals surface area contributed by atoms with Gasteiger partial charge < -0.3 is 10.0 Å². The standard InChI is InChI=1S/C24H41NO2/c1-4-5-6-7-8-9-10-11-12-13-14-15-16-17-21-18-19-22(23(26)20-21)24(27)25(2)3/h18-20,26H,4-17H2,1-3H3. The summed E-state index contributed by atoms with van der Waals surface area (Å²) >= 11 is 0. The highest BCUT2D eigenvalue weighted by Gasteiger charge is 2.13. The van der Waals surface area contributed by atoms with Gasteiger partial charge >= 0.3 is 0 Å². The van der Waals surface area contributed by atoms with Gasteiger partial charge in [0.1, 0.15) is 5.75 Å². The molecule has 0 fully saturated rings. The quantitative estimate of drug-likeness (QED) is 0.345. The van der Waals surface area contributed by atoms with Crippen molar-refractivity contribution in [3.05, 3.63) is 29.3 Å². The van der Waals surface area contributed by atoms with Crippen molar-refractivity contribution in [1.82, 2.24) is 4.90 Å². The molecule has 154 valence electrons. The Morgan fingerprint density at radius 3 is 1.74 bits per heavy atom. The first kappa shape index (κ1) is 23.5. The van der Waals surface area contributed by atoms with Gasteiger partial charge in [0, 0.05) is 14.1 Å². The normalized spacial score (nSPS) is 10.9. The van der Waals surface area contributed by atoms with Crippen molar-refractivity contribution in [3.63, 3.8) is 0 Å². The Morgan fingerprint density at radius 2 is 1.30 bits per heavy atom. The van der Waals surface area contributed by atoms with Crippen molar-refractivity contribution in [3.8, 4) is 5.75 Å². The van der Waals surface area contributed by atoms with Crippen molar-refractivity contribution in [1.29, 1.82) is 0 Å². The van der Waals surface area contributed by atoms with E-state index in [0.29, 0.717) is 5.56 Å². The van der Waals surface area contributed by atoms with E-state index in [1.807, 2.05) is 6.07 Å². The molecule has 0 unspecified atom stereocenters. The summed E-state index contributed by atoms with van der Waals surface area (Å²) in [6, 6.07) is 5.46. The smallest absolute Gasteiger partial charge is 0.257 e. The van der Waals surface area contributed by atoms with E-state index in [0.717, 1.165) is 18.4 Å². The van der Waals surface area contributed by atoms with Gasteiger partial charge in [-0.2, -0.15) is 0 Å². The molecule has 0 saturated heterocycles. The molecule has 1 rings (SSSR count). The van der Waals surface area contributed by atoms with E-state index < -0.39 is 0 Å². The molecule has 0 spiro atoms. The molecular formula is C24H41NO2. The minimum absolute atomic E-state index is 0.0981. The van der Waals surface area contributed by atoms with Gasteiger partial charge in [0.25, 0.3) is 5.91 Å². The number of benzene rings is 1. The number of hydrogen-bond donors (Lipinski definition) is 1. The van der Waals surface area contributed by atoms with Gasteiger partial charge in [-0.05, 0) is 30.5 Å². The molecule has 0 aromatic heterocycles. The van der Waals surface area contributed by atoms with Crippen molar-refractivity contribution in [2.24, 2.45) is 0 Å². The Morgan fingerprint density at radius 1 is 0.815 bits per heavy atom. The predicted molar refractivity (Wildman–Crippen MR) is 116 cm³/mol. The number of phenols is 1. The maximum absolute atomic E-state index is 11.9. The third-order valence-corrected chi connectivity index (χ3v) is 5.27. The van der Waals surface area contributed by atoms with Crippen molar-refractivity contribution < 1.29 is 9.90 Å². The first-order valence-electron chi connectivity index (χ1n) is 11.1. The molecule has 0 atom stereocenters. The fraction of sp³-hybridized carbons (Fsp3) is 0.708. The minimum atomic E-state index is -0.153. The van der Waals surface area contributed by atoms with Gasteiger partial charge in [-0.15, -0.1) is 0 Å². The van der Waals surface area contributed by atoms with E-state index >= 15 is 0 Å². The topological polar surface area (TPSA) is 40.5 Å². The summed E-state index contributed by atoms with van der Waals surface area (Å²) in [6.07, 6.45) is 18.6. The number of amides is 1. The zero-order valence-corrected chi connectivity index (χ0v) is 17.9. The monoisotopic (exact) mass is 375 g/mol. The van der Waals surface area contributed by atoms with Crippen LogP contribution in [0.4, 0.5) is 0 Å². The summed E-state index contributed by atoms with van der Waals surface area (Å²) in [4.78, 5) is 13.4. The van der Waals surface area contributed by atoms with Gasteiger partial charge in [0.2, 0.25) is 0 Å². The SMILES string of the molecule is CCCCCCCCCCCCCCCc1ccc(C(=O)N(C)C)c(O)c1.